The minimum absolute atomic E-state index is 0.111. The van der Waals surface area contributed by atoms with Crippen molar-refractivity contribution in [1.29, 1.82) is 0 Å². The number of carbonyl (C=O) groups is 3. The van der Waals surface area contributed by atoms with Gasteiger partial charge in [0.1, 0.15) is 12.7 Å². The molecule has 0 aromatic carbocycles. The summed E-state index contributed by atoms with van der Waals surface area (Å²) >= 11 is 0. The number of aliphatic hydroxyl groups excluding tert-OH is 10. The van der Waals surface area contributed by atoms with Crippen molar-refractivity contribution in [3.05, 3.63) is 12.2 Å². The Balaban J connectivity index is -0.000000133. The third-order valence-electron chi connectivity index (χ3n) is 8.19. The fraction of sp³-hybridized carbons (Fsp3) is 0.889. The molecule has 0 amide bonds. The molecular formula is C45H96O16. The second kappa shape index (κ2) is 72.2. The molecule has 0 fully saturated rings. The zero-order valence-corrected chi connectivity index (χ0v) is 39.0. The van der Waals surface area contributed by atoms with E-state index in [0.717, 1.165) is 77.0 Å². The predicted molar refractivity (Wildman–Crippen MR) is 242 cm³/mol. The molecule has 0 aromatic heterocycles. The zero-order valence-electron chi connectivity index (χ0n) is 39.0. The number of esters is 1. The van der Waals surface area contributed by atoms with Crippen LogP contribution in [-0.4, -0.2) is 151 Å². The first-order valence-corrected chi connectivity index (χ1v) is 22.7. The lowest BCUT2D eigenvalue weighted by Gasteiger charge is -2.08. The lowest BCUT2D eigenvalue weighted by molar-refractivity contribution is -0.147. The number of hydrogen-bond donors (Lipinski definition) is 12. The third-order valence-corrected chi connectivity index (χ3v) is 8.19. The fourth-order valence-corrected chi connectivity index (χ4v) is 4.56. The molecule has 0 aliphatic heterocycles. The van der Waals surface area contributed by atoms with E-state index in [1.807, 2.05) is 13.8 Å². The highest BCUT2D eigenvalue weighted by molar-refractivity contribution is 5.70. The Morgan fingerprint density at radius 2 is 0.770 bits per heavy atom. The van der Waals surface area contributed by atoms with Crippen LogP contribution >= 0.6 is 0 Å². The van der Waals surface area contributed by atoms with E-state index < -0.39 is 18.0 Å². The van der Waals surface area contributed by atoms with Gasteiger partial charge in [0.15, 0.2) is 0 Å². The monoisotopic (exact) mass is 893 g/mol. The molecule has 0 rings (SSSR count). The molecule has 3 atom stereocenters. The molecule has 0 saturated heterocycles. The Morgan fingerprint density at radius 1 is 0.459 bits per heavy atom. The van der Waals surface area contributed by atoms with Gasteiger partial charge in [0.2, 0.25) is 0 Å². The zero-order chi connectivity index (χ0) is 48.2. The first-order valence-electron chi connectivity index (χ1n) is 22.7. The number of unbranched alkanes of at least 4 members (excludes halogenated alkanes) is 13. The molecular weight excluding hydrogens is 796 g/mol. The standard InChI is InChI=1S/C21H40O4.2C8H16O2.4C2H6O2/c1-2-3-4-5-6-7-8-9-10-11-12-13-14-15-16-17-21(24)25-19-20(23)18-22;2*1-3-5-6-7(4-2)8(9)10;4*3-1-2-4/h9-10,20,22-23H,2-8,11-19H2,1H3;2*7H,3-6H2,1-2H3,(H,9,10);4*3-4H,1-2H2/b10-9-;;;;;;. The topological polar surface area (TPSA) is 303 Å². The van der Waals surface area contributed by atoms with Crippen molar-refractivity contribution < 1.29 is 80.4 Å². The average molecular weight is 893 g/mol. The maximum atomic E-state index is 11.4. The summed E-state index contributed by atoms with van der Waals surface area (Å²) in [5.74, 6) is -1.79. The third kappa shape index (κ3) is 85.8. The van der Waals surface area contributed by atoms with E-state index in [1.54, 1.807) is 0 Å². The lowest BCUT2D eigenvalue weighted by Crippen LogP contribution is -2.21. The number of allylic oxidation sites excluding steroid dienone is 2. The second-order valence-corrected chi connectivity index (χ2v) is 13.8. The van der Waals surface area contributed by atoms with E-state index in [9.17, 15) is 14.4 Å². The molecule has 12 N–H and O–H groups in total. The van der Waals surface area contributed by atoms with Gasteiger partial charge in [-0.1, -0.05) is 124 Å². The maximum absolute atomic E-state index is 11.4. The summed E-state index contributed by atoms with van der Waals surface area (Å²) in [5, 5.41) is 95.9. The molecule has 372 valence electrons. The number of carboxylic acids is 2. The molecule has 0 saturated carbocycles. The summed E-state index contributed by atoms with van der Waals surface area (Å²) in [5.41, 5.74) is 0. The molecule has 16 heteroatoms. The van der Waals surface area contributed by atoms with Gasteiger partial charge in [0.05, 0.1) is 71.3 Å². The van der Waals surface area contributed by atoms with Crippen LogP contribution in [0.25, 0.3) is 0 Å². The quantitative estimate of drug-likeness (QED) is 0.0229. The van der Waals surface area contributed by atoms with Crippen LogP contribution in [0.4, 0.5) is 0 Å². The van der Waals surface area contributed by atoms with Gasteiger partial charge in [-0.25, -0.2) is 0 Å². The predicted octanol–water partition coefficient (Wildman–Crippen LogP) is 5.38. The van der Waals surface area contributed by atoms with Crippen LogP contribution in [0.1, 0.15) is 176 Å². The lowest BCUT2D eigenvalue weighted by atomic mass is 10.00. The van der Waals surface area contributed by atoms with Crippen LogP contribution in [0.15, 0.2) is 12.2 Å². The van der Waals surface area contributed by atoms with E-state index in [0.29, 0.717) is 6.42 Å². The maximum Gasteiger partial charge on any atom is 0.306 e. The summed E-state index contributed by atoms with van der Waals surface area (Å²) in [6.45, 7) is 8.77. The van der Waals surface area contributed by atoms with Gasteiger partial charge < -0.3 is 66.0 Å². The van der Waals surface area contributed by atoms with Crippen molar-refractivity contribution in [2.45, 2.75) is 182 Å². The van der Waals surface area contributed by atoms with Crippen LogP contribution in [-0.2, 0) is 19.1 Å². The van der Waals surface area contributed by atoms with E-state index in [4.69, 9.17) is 66.0 Å². The molecule has 0 aliphatic rings. The number of rotatable bonds is 32. The van der Waals surface area contributed by atoms with Gasteiger partial charge >= 0.3 is 17.9 Å². The molecule has 61 heavy (non-hydrogen) atoms. The summed E-state index contributed by atoms with van der Waals surface area (Å²) in [6, 6.07) is 0. The summed E-state index contributed by atoms with van der Waals surface area (Å²) < 4.78 is 4.86. The molecule has 0 aromatic rings. The first kappa shape index (κ1) is 73.2. The smallest absolute Gasteiger partial charge is 0.306 e. The van der Waals surface area contributed by atoms with Crippen molar-refractivity contribution in [2.75, 3.05) is 66.1 Å². The summed E-state index contributed by atoms with van der Waals surface area (Å²) in [4.78, 5) is 32.2. The Morgan fingerprint density at radius 3 is 1.05 bits per heavy atom. The number of ether oxygens (including phenoxy) is 1. The van der Waals surface area contributed by atoms with E-state index in [2.05, 4.69) is 32.9 Å². The van der Waals surface area contributed by atoms with Crippen molar-refractivity contribution in [2.24, 2.45) is 11.8 Å². The number of aliphatic carboxylic acids is 2. The van der Waals surface area contributed by atoms with Crippen molar-refractivity contribution in [1.82, 2.24) is 0 Å². The van der Waals surface area contributed by atoms with E-state index in [-0.39, 0.29) is 83.9 Å². The van der Waals surface area contributed by atoms with E-state index >= 15 is 0 Å². The van der Waals surface area contributed by atoms with Crippen molar-refractivity contribution in [3.63, 3.8) is 0 Å². The number of carboxylic acid groups (broad SMARTS) is 2. The van der Waals surface area contributed by atoms with Gasteiger partial charge in [0.25, 0.3) is 0 Å². The Hall–Kier alpha value is -2.25. The van der Waals surface area contributed by atoms with Gasteiger partial charge in [-0.2, -0.15) is 0 Å². The molecule has 0 aliphatic carbocycles. The fourth-order valence-electron chi connectivity index (χ4n) is 4.56. The van der Waals surface area contributed by atoms with Crippen LogP contribution in [0.3, 0.4) is 0 Å². The van der Waals surface area contributed by atoms with Crippen LogP contribution < -0.4 is 0 Å². The largest absolute Gasteiger partial charge is 0.481 e. The highest BCUT2D eigenvalue weighted by Gasteiger charge is 2.13. The van der Waals surface area contributed by atoms with Crippen molar-refractivity contribution >= 4 is 17.9 Å². The van der Waals surface area contributed by atoms with Gasteiger partial charge in [-0.15, -0.1) is 0 Å². The van der Waals surface area contributed by atoms with Gasteiger partial charge in [-0.05, 0) is 57.8 Å². The Kier molecular flexibility index (Phi) is 86.6. The molecule has 0 spiro atoms. The van der Waals surface area contributed by atoms with Crippen LogP contribution in [0, 0.1) is 11.8 Å². The highest BCUT2D eigenvalue weighted by atomic mass is 16.5. The SMILES string of the molecule is CCCCC(CC)C(=O)O.CCCCC(CC)C(=O)O.CCCCCCCC/C=C\CCCCCCCC(=O)OCC(O)CO.OCCO.OCCO.OCCO.OCCO. The average Bonchev–Trinajstić information content (AvgIpc) is 3.27. The van der Waals surface area contributed by atoms with Gasteiger partial charge in [0, 0.05) is 6.42 Å². The number of carbonyl (C=O) groups excluding carboxylic acids is 1. The first-order chi connectivity index (χ1) is 29.3. The molecule has 0 radical (unpaired) electrons. The highest BCUT2D eigenvalue weighted by Crippen LogP contribution is 2.13. The van der Waals surface area contributed by atoms with Gasteiger partial charge in [-0.3, -0.25) is 14.4 Å². The Bertz CT molecular complexity index is 768. The molecule has 0 bridgehead atoms. The summed E-state index contributed by atoms with van der Waals surface area (Å²) in [7, 11) is 0. The van der Waals surface area contributed by atoms with Crippen LogP contribution in [0.2, 0.25) is 0 Å². The summed E-state index contributed by atoms with van der Waals surface area (Å²) in [6.07, 6.45) is 27.5. The minimum atomic E-state index is -0.960. The Labute approximate surface area is 369 Å². The molecule has 0 heterocycles. The molecule has 3 unspecified atom stereocenters. The van der Waals surface area contributed by atoms with Crippen molar-refractivity contribution in [3.8, 4) is 0 Å². The van der Waals surface area contributed by atoms with E-state index in [1.165, 1.54) is 57.8 Å². The minimum Gasteiger partial charge on any atom is -0.481 e. The molecule has 16 nitrogen and oxygen atoms in total. The normalized spacial score (nSPS) is 11.4. The number of aliphatic hydroxyl groups is 10. The second-order valence-electron chi connectivity index (χ2n) is 13.8. The number of hydrogen-bond acceptors (Lipinski definition) is 14. The van der Waals surface area contributed by atoms with Crippen LogP contribution in [0.5, 0.6) is 0 Å².